The van der Waals surface area contributed by atoms with Gasteiger partial charge in [-0.15, -0.1) is 24.8 Å². The SMILES string of the molecule is CC(Cn1nc(C2CCNCC2)n(Cc2ccccc2)c1=O)N1CCCC1.Cl.Cl. The molecule has 162 valence electrons. The molecular formula is C21H33Cl2N5O. The topological polar surface area (TPSA) is 55.1 Å². The van der Waals surface area contributed by atoms with Crippen molar-refractivity contribution in [2.45, 2.75) is 57.7 Å². The zero-order valence-corrected chi connectivity index (χ0v) is 18.8. The molecule has 4 rings (SSSR count). The largest absolute Gasteiger partial charge is 0.346 e. The van der Waals surface area contributed by atoms with Crippen molar-refractivity contribution in [2.24, 2.45) is 0 Å². The Morgan fingerprint density at radius 3 is 2.41 bits per heavy atom. The van der Waals surface area contributed by atoms with Crippen LogP contribution >= 0.6 is 24.8 Å². The summed E-state index contributed by atoms with van der Waals surface area (Å²) < 4.78 is 3.64. The first-order chi connectivity index (χ1) is 13.2. The zero-order valence-electron chi connectivity index (χ0n) is 17.1. The van der Waals surface area contributed by atoms with Gasteiger partial charge in [0.15, 0.2) is 0 Å². The van der Waals surface area contributed by atoms with Crippen molar-refractivity contribution in [1.82, 2.24) is 24.6 Å². The summed E-state index contributed by atoms with van der Waals surface area (Å²) in [6.45, 7) is 7.79. The predicted octanol–water partition coefficient (Wildman–Crippen LogP) is 2.89. The number of hydrogen-bond acceptors (Lipinski definition) is 4. The van der Waals surface area contributed by atoms with E-state index in [-0.39, 0.29) is 30.5 Å². The molecule has 0 saturated carbocycles. The summed E-state index contributed by atoms with van der Waals surface area (Å²) in [5, 5.41) is 8.27. The van der Waals surface area contributed by atoms with Crippen molar-refractivity contribution >= 4 is 24.8 Å². The quantitative estimate of drug-likeness (QED) is 0.748. The molecule has 1 unspecified atom stereocenters. The molecule has 0 bridgehead atoms. The van der Waals surface area contributed by atoms with E-state index < -0.39 is 0 Å². The lowest BCUT2D eigenvalue weighted by Crippen LogP contribution is -2.37. The van der Waals surface area contributed by atoms with E-state index in [9.17, 15) is 4.79 Å². The minimum atomic E-state index is 0. The molecule has 2 aliphatic rings. The Hall–Kier alpha value is -1.34. The first-order valence-corrected chi connectivity index (χ1v) is 10.4. The average Bonchev–Trinajstić information content (AvgIpc) is 3.34. The molecular weight excluding hydrogens is 409 g/mol. The number of piperidine rings is 1. The van der Waals surface area contributed by atoms with Crippen LogP contribution in [0.2, 0.25) is 0 Å². The molecule has 2 fully saturated rings. The van der Waals surface area contributed by atoms with Crippen LogP contribution in [0.15, 0.2) is 35.1 Å². The average molecular weight is 442 g/mol. The van der Waals surface area contributed by atoms with Crippen LogP contribution in [0.25, 0.3) is 0 Å². The van der Waals surface area contributed by atoms with Gasteiger partial charge in [-0.05, 0) is 64.3 Å². The molecule has 8 heteroatoms. The Morgan fingerprint density at radius 1 is 1.10 bits per heavy atom. The van der Waals surface area contributed by atoms with Gasteiger partial charge in [0.1, 0.15) is 5.82 Å². The predicted molar refractivity (Wildman–Crippen MR) is 122 cm³/mol. The minimum absolute atomic E-state index is 0. The van der Waals surface area contributed by atoms with Crippen molar-refractivity contribution in [1.29, 1.82) is 0 Å². The molecule has 1 atom stereocenters. The fourth-order valence-corrected chi connectivity index (χ4v) is 4.42. The van der Waals surface area contributed by atoms with E-state index in [2.05, 4.69) is 29.3 Å². The van der Waals surface area contributed by atoms with E-state index in [4.69, 9.17) is 5.10 Å². The third-order valence-corrected chi connectivity index (χ3v) is 6.04. The zero-order chi connectivity index (χ0) is 18.6. The molecule has 1 aromatic heterocycles. The summed E-state index contributed by atoms with van der Waals surface area (Å²) in [5.74, 6) is 1.34. The standard InChI is InChI=1S/C21H31N5O.2ClH/c1-17(24-13-5-6-14-24)15-26-21(27)25(16-18-7-3-2-4-8-18)20(23-26)19-9-11-22-12-10-19;;/h2-4,7-8,17,19,22H,5-6,9-16H2,1H3;2*1H. The lowest BCUT2D eigenvalue weighted by Gasteiger charge is -2.23. The molecule has 2 aliphatic heterocycles. The molecule has 0 spiro atoms. The maximum absolute atomic E-state index is 13.2. The lowest BCUT2D eigenvalue weighted by molar-refractivity contribution is 0.227. The Labute approximate surface area is 185 Å². The van der Waals surface area contributed by atoms with Gasteiger partial charge in [-0.1, -0.05) is 30.3 Å². The van der Waals surface area contributed by atoms with Crippen LogP contribution < -0.4 is 11.0 Å². The highest BCUT2D eigenvalue weighted by molar-refractivity contribution is 5.85. The van der Waals surface area contributed by atoms with Crippen LogP contribution in [0, 0.1) is 0 Å². The Kier molecular flexibility index (Phi) is 9.21. The second-order valence-corrected chi connectivity index (χ2v) is 8.01. The van der Waals surface area contributed by atoms with Gasteiger partial charge in [0, 0.05) is 12.0 Å². The van der Waals surface area contributed by atoms with E-state index in [1.807, 2.05) is 22.8 Å². The maximum atomic E-state index is 13.2. The third kappa shape index (κ3) is 5.63. The maximum Gasteiger partial charge on any atom is 0.346 e. The number of aromatic nitrogens is 3. The molecule has 3 heterocycles. The van der Waals surface area contributed by atoms with Gasteiger partial charge >= 0.3 is 5.69 Å². The van der Waals surface area contributed by atoms with Crippen molar-refractivity contribution in [2.75, 3.05) is 26.2 Å². The fraction of sp³-hybridized carbons (Fsp3) is 0.619. The molecule has 2 aromatic rings. The second kappa shape index (κ2) is 11.2. The first-order valence-electron chi connectivity index (χ1n) is 10.4. The second-order valence-electron chi connectivity index (χ2n) is 8.01. The summed E-state index contributed by atoms with van der Waals surface area (Å²) in [7, 11) is 0. The molecule has 0 amide bonds. The summed E-state index contributed by atoms with van der Waals surface area (Å²) >= 11 is 0. The van der Waals surface area contributed by atoms with Crippen LogP contribution in [0.3, 0.4) is 0 Å². The number of nitrogens with zero attached hydrogens (tertiary/aromatic N) is 4. The molecule has 0 aliphatic carbocycles. The minimum Gasteiger partial charge on any atom is -0.317 e. The molecule has 1 N–H and O–H groups in total. The van der Waals surface area contributed by atoms with Gasteiger partial charge in [-0.25, -0.2) is 9.48 Å². The summed E-state index contributed by atoms with van der Waals surface area (Å²) in [6, 6.07) is 10.6. The molecule has 1 aromatic carbocycles. The van der Waals surface area contributed by atoms with E-state index in [1.165, 1.54) is 12.8 Å². The van der Waals surface area contributed by atoms with Gasteiger partial charge in [-0.2, -0.15) is 5.10 Å². The fourth-order valence-electron chi connectivity index (χ4n) is 4.42. The van der Waals surface area contributed by atoms with E-state index in [0.29, 0.717) is 25.0 Å². The van der Waals surface area contributed by atoms with Crippen LogP contribution in [0.4, 0.5) is 0 Å². The van der Waals surface area contributed by atoms with Crippen molar-refractivity contribution < 1.29 is 0 Å². The number of rotatable bonds is 6. The van der Waals surface area contributed by atoms with Crippen molar-refractivity contribution in [3.8, 4) is 0 Å². The highest BCUT2D eigenvalue weighted by atomic mass is 35.5. The van der Waals surface area contributed by atoms with E-state index in [1.54, 1.807) is 4.68 Å². The third-order valence-electron chi connectivity index (χ3n) is 6.04. The van der Waals surface area contributed by atoms with Crippen LogP contribution in [0.5, 0.6) is 0 Å². The molecule has 29 heavy (non-hydrogen) atoms. The highest BCUT2D eigenvalue weighted by Gasteiger charge is 2.26. The van der Waals surface area contributed by atoms with E-state index >= 15 is 0 Å². The first kappa shape index (κ1) is 23.9. The van der Waals surface area contributed by atoms with Crippen LogP contribution in [0.1, 0.15) is 49.9 Å². The van der Waals surface area contributed by atoms with Gasteiger partial charge in [0.2, 0.25) is 0 Å². The Bertz CT molecular complexity index is 795. The van der Waals surface area contributed by atoms with Gasteiger partial charge in [-0.3, -0.25) is 9.47 Å². The number of halogens is 2. The number of nitrogens with one attached hydrogen (secondary N) is 1. The number of benzene rings is 1. The van der Waals surface area contributed by atoms with E-state index in [0.717, 1.165) is 50.4 Å². The summed E-state index contributed by atoms with van der Waals surface area (Å²) in [4.78, 5) is 15.7. The normalized spacial score (nSPS) is 18.8. The monoisotopic (exact) mass is 441 g/mol. The lowest BCUT2D eigenvalue weighted by atomic mass is 9.97. The van der Waals surface area contributed by atoms with Crippen molar-refractivity contribution in [3.05, 3.63) is 52.2 Å². The highest BCUT2D eigenvalue weighted by Crippen LogP contribution is 2.23. The summed E-state index contributed by atoms with van der Waals surface area (Å²) in [5.41, 5.74) is 1.19. The molecule has 0 radical (unpaired) electrons. The summed E-state index contributed by atoms with van der Waals surface area (Å²) in [6.07, 6.45) is 4.63. The number of hydrogen-bond donors (Lipinski definition) is 1. The van der Waals surface area contributed by atoms with Crippen LogP contribution in [-0.4, -0.2) is 51.5 Å². The Balaban J connectivity index is 0.00000150. The van der Waals surface area contributed by atoms with Gasteiger partial charge in [0.05, 0.1) is 13.1 Å². The Morgan fingerprint density at radius 2 is 1.76 bits per heavy atom. The smallest absolute Gasteiger partial charge is 0.317 e. The number of likely N-dealkylation sites (tertiary alicyclic amines) is 1. The molecule has 2 saturated heterocycles. The molecule has 6 nitrogen and oxygen atoms in total. The van der Waals surface area contributed by atoms with Gasteiger partial charge < -0.3 is 5.32 Å². The van der Waals surface area contributed by atoms with Crippen molar-refractivity contribution in [3.63, 3.8) is 0 Å². The van der Waals surface area contributed by atoms with Crippen LogP contribution in [-0.2, 0) is 13.1 Å². The van der Waals surface area contributed by atoms with Gasteiger partial charge in [0.25, 0.3) is 0 Å².